The molecule has 3 N–H and O–H groups in total. The zero-order valence-corrected chi connectivity index (χ0v) is 11.6. The van der Waals surface area contributed by atoms with Crippen LogP contribution in [-0.2, 0) is 9.36 Å². The maximum atomic E-state index is 11.5. The highest BCUT2D eigenvalue weighted by Gasteiger charge is 2.44. The fourth-order valence-corrected chi connectivity index (χ4v) is 3.53. The molecule has 0 radical (unpaired) electrons. The zero-order valence-electron chi connectivity index (χ0n) is 10.7. The third kappa shape index (κ3) is 4.78. The lowest BCUT2D eigenvalue weighted by atomic mass is 9.70. The molecule has 5 nitrogen and oxygen atoms in total. The van der Waals surface area contributed by atoms with Crippen LogP contribution < -0.4 is 0 Å². The number of hydrogen-bond donors (Lipinski definition) is 3. The van der Waals surface area contributed by atoms with Crippen LogP contribution in [0.15, 0.2) is 0 Å². The van der Waals surface area contributed by atoms with Crippen molar-refractivity contribution >= 4 is 13.6 Å². The first-order chi connectivity index (χ1) is 7.69. The van der Waals surface area contributed by atoms with Gasteiger partial charge in [0.2, 0.25) is 0 Å². The number of carboxylic acids is 1. The van der Waals surface area contributed by atoms with Crippen LogP contribution in [0.4, 0.5) is 0 Å². The normalized spacial score (nSPS) is 14.6. The van der Waals surface area contributed by atoms with Gasteiger partial charge in [-0.05, 0) is 18.8 Å². The molecule has 0 aromatic carbocycles. The van der Waals surface area contributed by atoms with Gasteiger partial charge in [-0.3, -0.25) is 9.36 Å². The van der Waals surface area contributed by atoms with Crippen LogP contribution in [0.3, 0.4) is 0 Å². The van der Waals surface area contributed by atoms with E-state index in [1.54, 1.807) is 6.92 Å². The molecule has 0 heterocycles. The minimum atomic E-state index is -4.17. The van der Waals surface area contributed by atoms with Crippen LogP contribution in [0, 0.1) is 11.3 Å². The minimum Gasteiger partial charge on any atom is -0.481 e. The first kappa shape index (κ1) is 16.6. The van der Waals surface area contributed by atoms with Gasteiger partial charge in [0, 0.05) is 0 Å². The van der Waals surface area contributed by atoms with Crippen LogP contribution in [0.2, 0.25) is 0 Å². The summed E-state index contributed by atoms with van der Waals surface area (Å²) >= 11 is 0. The second kappa shape index (κ2) is 6.53. The summed E-state index contributed by atoms with van der Waals surface area (Å²) in [5, 5.41) is 9.40. The highest BCUT2D eigenvalue weighted by molar-refractivity contribution is 7.51. The Hall–Kier alpha value is -0.380. The lowest BCUT2D eigenvalue weighted by Gasteiger charge is -2.35. The Labute approximate surface area is 102 Å². The summed E-state index contributed by atoms with van der Waals surface area (Å²) in [6, 6.07) is 0. The van der Waals surface area contributed by atoms with Gasteiger partial charge in [0.15, 0.2) is 0 Å². The first-order valence-corrected chi connectivity index (χ1v) is 7.77. The van der Waals surface area contributed by atoms with E-state index in [0.29, 0.717) is 25.7 Å². The largest absolute Gasteiger partial charge is 0.481 e. The lowest BCUT2D eigenvalue weighted by molar-refractivity contribution is -0.153. The van der Waals surface area contributed by atoms with Gasteiger partial charge in [0.25, 0.3) is 0 Å². The third-order valence-corrected chi connectivity index (χ3v) is 4.30. The minimum absolute atomic E-state index is 0.362. The molecule has 0 rings (SSSR count). The molecule has 0 amide bonds. The van der Waals surface area contributed by atoms with Crippen molar-refractivity contribution in [1.82, 2.24) is 0 Å². The van der Waals surface area contributed by atoms with E-state index in [-0.39, 0.29) is 6.16 Å². The van der Waals surface area contributed by atoms with Crippen molar-refractivity contribution in [2.45, 2.75) is 46.5 Å². The van der Waals surface area contributed by atoms with Gasteiger partial charge in [-0.15, -0.1) is 0 Å². The average Bonchev–Trinajstić information content (AvgIpc) is 2.13. The van der Waals surface area contributed by atoms with Gasteiger partial charge in [0.05, 0.1) is 11.6 Å². The number of hydrogen-bond acceptors (Lipinski definition) is 2. The summed E-state index contributed by atoms with van der Waals surface area (Å²) in [7, 11) is -4.17. The van der Waals surface area contributed by atoms with Crippen molar-refractivity contribution in [2.24, 2.45) is 11.3 Å². The van der Waals surface area contributed by atoms with E-state index in [4.69, 9.17) is 9.79 Å². The van der Waals surface area contributed by atoms with Gasteiger partial charge in [0.1, 0.15) is 0 Å². The molecular formula is C11H23O5P. The Morgan fingerprint density at radius 3 is 1.88 bits per heavy atom. The molecule has 0 saturated heterocycles. The molecule has 0 aliphatic heterocycles. The van der Waals surface area contributed by atoms with E-state index in [9.17, 15) is 14.5 Å². The summed E-state index contributed by atoms with van der Waals surface area (Å²) in [6.07, 6.45) is 1.93. The highest BCUT2D eigenvalue weighted by atomic mass is 31.2. The lowest BCUT2D eigenvalue weighted by Crippen LogP contribution is -2.39. The molecule has 0 aromatic heterocycles. The van der Waals surface area contributed by atoms with Gasteiger partial charge in [-0.25, -0.2) is 0 Å². The number of carbonyl (C=O) groups is 1. The zero-order chi connectivity index (χ0) is 13.7. The standard InChI is InChI=1S/C11H23O5P/c1-4-6-11(7-5-2,10(12)13)9(3)8-17(14,15)16/h9H,4-8H2,1-3H3,(H,12,13)(H2,14,15,16). The molecule has 102 valence electrons. The van der Waals surface area contributed by atoms with Crippen LogP contribution >= 0.6 is 7.60 Å². The Bertz CT molecular complexity index is 290. The number of aliphatic carboxylic acids is 1. The summed E-state index contributed by atoms with van der Waals surface area (Å²) in [6.45, 7) is 5.40. The van der Waals surface area contributed by atoms with E-state index in [1.807, 2.05) is 13.8 Å². The smallest absolute Gasteiger partial charge is 0.325 e. The average molecular weight is 266 g/mol. The molecule has 0 aliphatic rings. The fourth-order valence-electron chi connectivity index (χ4n) is 2.47. The second-order valence-corrected chi connectivity index (χ2v) is 6.40. The topological polar surface area (TPSA) is 94.8 Å². The van der Waals surface area contributed by atoms with E-state index in [2.05, 4.69) is 0 Å². The molecule has 0 spiro atoms. The molecule has 0 aliphatic carbocycles. The Morgan fingerprint density at radius 1 is 1.24 bits per heavy atom. The molecule has 1 unspecified atom stereocenters. The monoisotopic (exact) mass is 266 g/mol. The Balaban J connectivity index is 5.12. The molecule has 0 aromatic rings. The van der Waals surface area contributed by atoms with Crippen molar-refractivity contribution in [3.05, 3.63) is 0 Å². The summed E-state index contributed by atoms with van der Waals surface area (Å²) in [5.74, 6) is -1.47. The predicted molar refractivity (Wildman–Crippen MR) is 66.0 cm³/mol. The molecular weight excluding hydrogens is 243 g/mol. The summed E-state index contributed by atoms with van der Waals surface area (Å²) in [4.78, 5) is 29.5. The molecule has 17 heavy (non-hydrogen) atoms. The highest BCUT2D eigenvalue weighted by Crippen LogP contribution is 2.46. The maximum Gasteiger partial charge on any atom is 0.325 e. The maximum absolute atomic E-state index is 11.5. The van der Waals surface area contributed by atoms with Gasteiger partial charge in [-0.2, -0.15) is 0 Å². The Kier molecular flexibility index (Phi) is 6.38. The van der Waals surface area contributed by atoms with Crippen LogP contribution in [-0.4, -0.2) is 27.0 Å². The van der Waals surface area contributed by atoms with Crippen molar-refractivity contribution in [3.8, 4) is 0 Å². The summed E-state index contributed by atoms with van der Waals surface area (Å²) in [5.41, 5.74) is -1.01. The second-order valence-electron chi connectivity index (χ2n) is 4.71. The van der Waals surface area contributed by atoms with Crippen LogP contribution in [0.5, 0.6) is 0 Å². The number of rotatable bonds is 8. The van der Waals surface area contributed by atoms with Crippen molar-refractivity contribution < 1.29 is 24.3 Å². The molecule has 0 fully saturated rings. The van der Waals surface area contributed by atoms with Gasteiger partial charge < -0.3 is 14.9 Å². The van der Waals surface area contributed by atoms with Crippen molar-refractivity contribution in [2.75, 3.05) is 6.16 Å². The molecule has 6 heteroatoms. The van der Waals surface area contributed by atoms with Crippen LogP contribution in [0.1, 0.15) is 46.5 Å². The van der Waals surface area contributed by atoms with E-state index < -0.39 is 24.9 Å². The molecule has 0 bridgehead atoms. The van der Waals surface area contributed by atoms with E-state index >= 15 is 0 Å². The quantitative estimate of drug-likeness (QED) is 0.587. The molecule has 0 saturated carbocycles. The predicted octanol–water partition coefficient (Wildman–Crippen LogP) is 2.47. The van der Waals surface area contributed by atoms with Crippen LogP contribution in [0.25, 0.3) is 0 Å². The van der Waals surface area contributed by atoms with Crippen molar-refractivity contribution in [3.63, 3.8) is 0 Å². The van der Waals surface area contributed by atoms with Gasteiger partial charge >= 0.3 is 13.6 Å². The first-order valence-electron chi connectivity index (χ1n) is 5.97. The van der Waals surface area contributed by atoms with E-state index in [0.717, 1.165) is 0 Å². The van der Waals surface area contributed by atoms with E-state index in [1.165, 1.54) is 0 Å². The van der Waals surface area contributed by atoms with Crippen molar-refractivity contribution in [1.29, 1.82) is 0 Å². The molecule has 1 atom stereocenters. The third-order valence-electron chi connectivity index (χ3n) is 3.27. The van der Waals surface area contributed by atoms with Gasteiger partial charge in [-0.1, -0.05) is 33.6 Å². The summed E-state index contributed by atoms with van der Waals surface area (Å²) < 4.78 is 11.0. The SMILES string of the molecule is CCCC(CCC)(C(=O)O)C(C)CP(=O)(O)O. The number of carboxylic acid groups (broad SMARTS) is 1. The fraction of sp³-hybridized carbons (Fsp3) is 0.909. The Morgan fingerprint density at radius 2 is 1.65 bits per heavy atom.